The van der Waals surface area contributed by atoms with Crippen molar-refractivity contribution in [3.63, 3.8) is 0 Å². The van der Waals surface area contributed by atoms with Crippen LogP contribution < -0.4 is 0 Å². The minimum Gasteiger partial charge on any atom is -0.412 e. The molecule has 0 aliphatic carbocycles. The summed E-state index contributed by atoms with van der Waals surface area (Å²) in [5.74, 6) is -0.468. The molecule has 0 amide bonds. The Morgan fingerprint density at radius 1 is 1.33 bits per heavy atom. The van der Waals surface area contributed by atoms with E-state index in [0.29, 0.717) is 0 Å². The van der Waals surface area contributed by atoms with Crippen LogP contribution in [0.5, 0.6) is 0 Å². The van der Waals surface area contributed by atoms with Crippen LogP contribution in [0.3, 0.4) is 0 Å². The fourth-order valence-corrected chi connectivity index (χ4v) is 0.320. The summed E-state index contributed by atoms with van der Waals surface area (Å²) >= 11 is -1.64. The average Bonchev–Trinajstić information content (AvgIpc) is 1.35. The second kappa shape index (κ2) is 15.7. The zero-order valence-electron chi connectivity index (χ0n) is 4.56. The van der Waals surface area contributed by atoms with E-state index in [9.17, 15) is 8.30 Å². The van der Waals surface area contributed by atoms with Crippen molar-refractivity contribution in [3.05, 3.63) is 0 Å². The van der Waals surface area contributed by atoms with Crippen LogP contribution in [0.4, 0.5) is 0 Å². The Morgan fingerprint density at radius 3 is 1.67 bits per heavy atom. The van der Waals surface area contributed by atoms with Gasteiger partial charge < -0.3 is 16.4 Å². The SMILES string of the molecule is CC(=O)[O][Ir]=[O].O.O.O. The number of carbonyl (C=O) groups excluding carboxylic acids is 1. The molecular weight excluding hydrogens is 312 g/mol. The third-order valence-corrected chi connectivity index (χ3v) is 1.01. The monoisotopic (exact) mass is 322 g/mol. The first-order valence-electron chi connectivity index (χ1n) is 1.18. The van der Waals surface area contributed by atoms with E-state index in [2.05, 4.69) is 3.50 Å². The minimum atomic E-state index is -1.64. The van der Waals surface area contributed by atoms with Crippen LogP contribution in [0.1, 0.15) is 6.92 Å². The van der Waals surface area contributed by atoms with Crippen LogP contribution in [0.15, 0.2) is 0 Å². The molecule has 6 N–H and O–H groups in total. The Kier molecular flexibility index (Phi) is 40.4. The fraction of sp³-hybridized carbons (Fsp3) is 0.500. The first-order valence-corrected chi connectivity index (χ1v) is 3.14. The molecular formula is C2H9IrO6. The predicted molar refractivity (Wildman–Crippen MR) is 23.3 cm³/mol. The predicted octanol–water partition coefficient (Wildman–Crippen LogP) is -2.58. The summed E-state index contributed by atoms with van der Waals surface area (Å²) in [7, 11) is 0. The quantitative estimate of drug-likeness (QED) is 0.524. The number of hydrogen-bond acceptors (Lipinski definition) is 3. The summed E-state index contributed by atoms with van der Waals surface area (Å²) in [4.78, 5) is 9.65. The molecule has 0 fully saturated rings. The molecule has 0 unspecified atom stereocenters. The van der Waals surface area contributed by atoms with Gasteiger partial charge in [-0.1, -0.05) is 0 Å². The van der Waals surface area contributed by atoms with Gasteiger partial charge in [0.05, 0.1) is 0 Å². The van der Waals surface area contributed by atoms with Gasteiger partial charge in [-0.3, -0.25) is 0 Å². The summed E-state index contributed by atoms with van der Waals surface area (Å²) in [6, 6.07) is 0. The Labute approximate surface area is 59.8 Å². The van der Waals surface area contributed by atoms with Gasteiger partial charge in [0, 0.05) is 0 Å². The third kappa shape index (κ3) is 33.5. The Bertz CT molecular complexity index is 71.5. The maximum Gasteiger partial charge on any atom is -0.412 e. The summed E-state index contributed by atoms with van der Waals surface area (Å²) in [5, 5.41) is 0. The van der Waals surface area contributed by atoms with Gasteiger partial charge in [-0.15, -0.1) is 0 Å². The van der Waals surface area contributed by atoms with Gasteiger partial charge in [0.25, 0.3) is 0 Å². The smallest absolute Gasteiger partial charge is 0.412 e. The van der Waals surface area contributed by atoms with Crippen LogP contribution in [0.25, 0.3) is 0 Å². The molecule has 0 aliphatic rings. The molecule has 7 heteroatoms. The van der Waals surface area contributed by atoms with Gasteiger partial charge in [-0.05, 0) is 0 Å². The maximum absolute atomic E-state index is 9.65. The van der Waals surface area contributed by atoms with Crippen LogP contribution >= 0.6 is 0 Å². The first-order chi connectivity index (χ1) is 2.77. The van der Waals surface area contributed by atoms with Crippen LogP contribution in [-0.2, 0) is 29.8 Å². The minimum absolute atomic E-state index is 0. The van der Waals surface area contributed by atoms with E-state index in [1.807, 2.05) is 0 Å². The van der Waals surface area contributed by atoms with Gasteiger partial charge in [0.1, 0.15) is 0 Å². The van der Waals surface area contributed by atoms with Gasteiger partial charge in [-0.2, -0.15) is 0 Å². The molecule has 0 aromatic carbocycles. The molecule has 0 rings (SSSR count). The molecule has 62 valence electrons. The van der Waals surface area contributed by atoms with Crippen LogP contribution in [0.2, 0.25) is 0 Å². The van der Waals surface area contributed by atoms with Gasteiger partial charge in [-0.25, -0.2) is 0 Å². The number of rotatable bonds is 1. The van der Waals surface area contributed by atoms with Crippen LogP contribution in [-0.4, -0.2) is 22.4 Å². The van der Waals surface area contributed by atoms with Crippen molar-refractivity contribution in [2.75, 3.05) is 0 Å². The summed E-state index contributed by atoms with van der Waals surface area (Å²) < 4.78 is 13.4. The molecule has 0 atom stereocenters. The molecule has 0 heterocycles. The first kappa shape index (κ1) is 23.2. The van der Waals surface area contributed by atoms with Crippen molar-refractivity contribution < 1.29 is 46.2 Å². The molecule has 6 nitrogen and oxygen atoms in total. The summed E-state index contributed by atoms with van der Waals surface area (Å²) in [5.41, 5.74) is 0. The van der Waals surface area contributed by atoms with E-state index in [1.54, 1.807) is 0 Å². The second-order valence-electron chi connectivity index (χ2n) is 0.615. The Hall–Kier alpha value is -0.201. The largest absolute Gasteiger partial charge is 0.412 e. The Balaban J connectivity index is -0.0000000417. The fourth-order valence-electron chi connectivity index (χ4n) is 0.0391. The maximum atomic E-state index is 9.65. The number of hydrogen-bond donors (Lipinski definition) is 0. The van der Waals surface area contributed by atoms with Crippen LogP contribution in [0, 0.1) is 0 Å². The number of carbonyl (C=O) groups is 1. The van der Waals surface area contributed by atoms with E-state index < -0.39 is 24.0 Å². The normalized spacial score (nSPS) is 5.44. The molecule has 0 radical (unpaired) electrons. The zero-order chi connectivity index (χ0) is 4.99. The second-order valence-corrected chi connectivity index (χ2v) is 1.50. The van der Waals surface area contributed by atoms with E-state index in [-0.39, 0.29) is 16.4 Å². The molecule has 0 aromatic rings. The van der Waals surface area contributed by atoms with Crippen molar-refractivity contribution in [3.8, 4) is 0 Å². The topological polar surface area (TPSA) is 138 Å². The van der Waals surface area contributed by atoms with Crippen molar-refractivity contribution in [2.24, 2.45) is 0 Å². The van der Waals surface area contributed by atoms with Crippen molar-refractivity contribution in [1.29, 1.82) is 0 Å². The van der Waals surface area contributed by atoms with E-state index in [1.165, 1.54) is 6.92 Å². The molecule has 0 saturated heterocycles. The van der Waals surface area contributed by atoms with E-state index in [4.69, 9.17) is 0 Å². The third-order valence-electron chi connectivity index (χ3n) is 0.124. The average molecular weight is 321 g/mol. The molecule has 0 aliphatic heterocycles. The zero-order valence-corrected chi connectivity index (χ0v) is 6.95. The molecule has 0 saturated carbocycles. The standard InChI is InChI=1S/C2H4O2.Ir.3H2O.O/c1-2(3)4;;;;;/h1H3,(H,3,4);;3*1H2;/q;+1;;;;/p-1. The van der Waals surface area contributed by atoms with Gasteiger partial charge in [0.2, 0.25) is 0 Å². The van der Waals surface area contributed by atoms with Crippen molar-refractivity contribution in [2.45, 2.75) is 6.92 Å². The Morgan fingerprint density at radius 2 is 1.67 bits per heavy atom. The molecule has 0 bridgehead atoms. The summed E-state index contributed by atoms with van der Waals surface area (Å²) in [6.07, 6.45) is 0. The van der Waals surface area contributed by atoms with E-state index in [0.717, 1.165) is 0 Å². The van der Waals surface area contributed by atoms with Gasteiger partial charge >= 0.3 is 42.7 Å². The van der Waals surface area contributed by atoms with Crippen molar-refractivity contribution in [1.82, 2.24) is 0 Å². The summed E-state index contributed by atoms with van der Waals surface area (Å²) in [6.45, 7) is 1.22. The van der Waals surface area contributed by atoms with E-state index >= 15 is 0 Å². The molecule has 0 spiro atoms. The van der Waals surface area contributed by atoms with Gasteiger partial charge in [0.15, 0.2) is 0 Å². The van der Waals surface area contributed by atoms with Crippen molar-refractivity contribution >= 4 is 5.97 Å². The molecule has 9 heavy (non-hydrogen) atoms. The molecule has 0 aromatic heterocycles.